The number of halogens is 3. The molecule has 21 heavy (non-hydrogen) atoms. The van der Waals surface area contributed by atoms with Crippen molar-refractivity contribution in [1.29, 1.82) is 0 Å². The molecule has 0 fully saturated rings. The van der Waals surface area contributed by atoms with Gasteiger partial charge in [0.2, 0.25) is 0 Å². The van der Waals surface area contributed by atoms with Crippen molar-refractivity contribution in [3.63, 3.8) is 0 Å². The number of aryl methyl sites for hydroxylation is 3. The van der Waals surface area contributed by atoms with Gasteiger partial charge >= 0.3 is 6.18 Å². The second kappa shape index (κ2) is 5.44. The molecule has 2 heterocycles. The Labute approximate surface area is 123 Å². The van der Waals surface area contributed by atoms with Gasteiger partial charge in [0.05, 0.1) is 16.9 Å². The van der Waals surface area contributed by atoms with Crippen molar-refractivity contribution in [3.8, 4) is 0 Å². The molecule has 4 nitrogen and oxygen atoms in total. The summed E-state index contributed by atoms with van der Waals surface area (Å²) in [5.41, 5.74) is 2.85. The Balaban J connectivity index is 2.34. The monoisotopic (exact) mass is 315 g/mol. The van der Waals surface area contributed by atoms with Gasteiger partial charge in [0.15, 0.2) is 5.69 Å². The Morgan fingerprint density at radius 2 is 1.95 bits per heavy atom. The number of nitrogens with one attached hydrogen (secondary N) is 1. The first kappa shape index (κ1) is 15.4. The Morgan fingerprint density at radius 3 is 2.52 bits per heavy atom. The minimum Gasteiger partial charge on any atom is -0.319 e. The molecule has 2 aromatic rings. The largest absolute Gasteiger partial charge is 0.427 e. The third-order valence-corrected chi connectivity index (χ3v) is 3.68. The van der Waals surface area contributed by atoms with Crippen molar-refractivity contribution >= 4 is 22.9 Å². The SMILES string of the molecule is Cc1cc(C)c(NC(=O)c2ncsc2C(F)(F)F)c(C)n1. The first-order valence-corrected chi connectivity index (χ1v) is 6.85. The topological polar surface area (TPSA) is 54.9 Å². The molecule has 2 rings (SSSR count). The fourth-order valence-corrected chi connectivity index (χ4v) is 2.65. The van der Waals surface area contributed by atoms with E-state index in [9.17, 15) is 18.0 Å². The highest BCUT2D eigenvalue weighted by Gasteiger charge is 2.38. The fraction of sp³-hybridized carbons (Fsp3) is 0.308. The maximum Gasteiger partial charge on any atom is 0.427 e. The molecule has 0 aliphatic carbocycles. The Hall–Kier alpha value is -1.96. The number of hydrogen-bond acceptors (Lipinski definition) is 4. The van der Waals surface area contributed by atoms with Crippen LogP contribution in [0.15, 0.2) is 11.6 Å². The number of thiazole rings is 1. The molecule has 0 saturated carbocycles. The first-order valence-electron chi connectivity index (χ1n) is 5.97. The number of rotatable bonds is 2. The van der Waals surface area contributed by atoms with E-state index in [1.165, 1.54) is 0 Å². The summed E-state index contributed by atoms with van der Waals surface area (Å²) in [7, 11) is 0. The lowest BCUT2D eigenvalue weighted by Crippen LogP contribution is -2.19. The quantitative estimate of drug-likeness (QED) is 0.918. The average Bonchev–Trinajstić information content (AvgIpc) is 2.82. The number of alkyl halides is 3. The lowest BCUT2D eigenvalue weighted by atomic mass is 10.1. The zero-order valence-corrected chi connectivity index (χ0v) is 12.3. The summed E-state index contributed by atoms with van der Waals surface area (Å²) in [5.74, 6) is -0.888. The Bertz CT molecular complexity index is 671. The van der Waals surface area contributed by atoms with Gasteiger partial charge in [-0.15, -0.1) is 11.3 Å². The summed E-state index contributed by atoms with van der Waals surface area (Å²) in [5, 5.41) is 2.46. The molecule has 0 saturated heterocycles. The molecule has 2 aromatic heterocycles. The predicted molar refractivity (Wildman–Crippen MR) is 73.5 cm³/mol. The van der Waals surface area contributed by atoms with E-state index in [4.69, 9.17) is 0 Å². The van der Waals surface area contributed by atoms with Crippen LogP contribution in [0.3, 0.4) is 0 Å². The summed E-state index contributed by atoms with van der Waals surface area (Å²) in [4.78, 5) is 18.7. The molecule has 0 aliphatic heterocycles. The standard InChI is InChI=1S/C13H12F3N3OS/c1-6-4-7(2)18-8(3)9(6)19-12(20)10-11(13(14,15)16)21-5-17-10/h4-5H,1-3H3,(H,19,20). The van der Waals surface area contributed by atoms with Gasteiger partial charge < -0.3 is 5.32 Å². The smallest absolute Gasteiger partial charge is 0.319 e. The lowest BCUT2D eigenvalue weighted by molar-refractivity contribution is -0.134. The predicted octanol–water partition coefficient (Wildman–Crippen LogP) is 3.73. The Kier molecular flexibility index (Phi) is 3.99. The van der Waals surface area contributed by atoms with E-state index in [-0.39, 0.29) is 0 Å². The van der Waals surface area contributed by atoms with E-state index in [0.717, 1.165) is 16.8 Å². The maximum absolute atomic E-state index is 12.8. The van der Waals surface area contributed by atoms with Crippen LogP contribution in [0.4, 0.5) is 18.9 Å². The molecule has 0 bridgehead atoms. The van der Waals surface area contributed by atoms with Crippen LogP contribution < -0.4 is 5.32 Å². The van der Waals surface area contributed by atoms with Crippen LogP contribution >= 0.6 is 11.3 Å². The number of carbonyl (C=O) groups is 1. The molecule has 1 amide bonds. The van der Waals surface area contributed by atoms with Gasteiger partial charge in [0, 0.05) is 5.69 Å². The molecule has 0 radical (unpaired) electrons. The molecular formula is C13H12F3N3OS. The van der Waals surface area contributed by atoms with Crippen LogP contribution in [0.1, 0.15) is 32.3 Å². The van der Waals surface area contributed by atoms with E-state index in [2.05, 4.69) is 15.3 Å². The van der Waals surface area contributed by atoms with Gasteiger partial charge in [0.25, 0.3) is 5.91 Å². The van der Waals surface area contributed by atoms with Crippen molar-refractivity contribution in [2.45, 2.75) is 26.9 Å². The number of hydrogen-bond donors (Lipinski definition) is 1. The minimum atomic E-state index is -4.59. The van der Waals surface area contributed by atoms with Crippen molar-refractivity contribution in [1.82, 2.24) is 9.97 Å². The van der Waals surface area contributed by atoms with Crippen LogP contribution in [0, 0.1) is 20.8 Å². The molecular weight excluding hydrogens is 303 g/mol. The summed E-state index contributed by atoms with van der Waals surface area (Å²) in [6.07, 6.45) is -4.59. The number of anilines is 1. The normalized spacial score (nSPS) is 11.5. The van der Waals surface area contributed by atoms with Crippen molar-refractivity contribution in [2.75, 3.05) is 5.32 Å². The third-order valence-electron chi connectivity index (χ3n) is 2.80. The van der Waals surface area contributed by atoms with Gasteiger partial charge in [-0.25, -0.2) is 4.98 Å². The zero-order valence-electron chi connectivity index (χ0n) is 11.5. The van der Waals surface area contributed by atoms with Crippen molar-refractivity contribution < 1.29 is 18.0 Å². The maximum atomic E-state index is 12.8. The third kappa shape index (κ3) is 3.21. The van der Waals surface area contributed by atoms with Crippen LogP contribution in [0.25, 0.3) is 0 Å². The molecule has 0 spiro atoms. The molecule has 0 aromatic carbocycles. The van der Waals surface area contributed by atoms with E-state index < -0.39 is 22.7 Å². The molecule has 112 valence electrons. The molecule has 0 aliphatic rings. The van der Waals surface area contributed by atoms with Gasteiger partial charge in [0.1, 0.15) is 4.88 Å². The van der Waals surface area contributed by atoms with Gasteiger partial charge in [-0.1, -0.05) is 0 Å². The van der Waals surface area contributed by atoms with Crippen LogP contribution in [0.5, 0.6) is 0 Å². The van der Waals surface area contributed by atoms with E-state index in [0.29, 0.717) is 22.7 Å². The van der Waals surface area contributed by atoms with Gasteiger partial charge in [-0.05, 0) is 32.4 Å². The highest BCUT2D eigenvalue weighted by Crippen LogP contribution is 2.35. The molecule has 8 heteroatoms. The summed E-state index contributed by atoms with van der Waals surface area (Å²) in [6.45, 7) is 5.23. The summed E-state index contributed by atoms with van der Waals surface area (Å²) >= 11 is 0.394. The highest BCUT2D eigenvalue weighted by molar-refractivity contribution is 7.10. The first-order chi connectivity index (χ1) is 9.70. The number of carbonyl (C=O) groups excluding carboxylic acids is 1. The highest BCUT2D eigenvalue weighted by atomic mass is 32.1. The molecule has 1 N–H and O–H groups in total. The van der Waals surface area contributed by atoms with Crippen molar-refractivity contribution in [3.05, 3.63) is 39.1 Å². The van der Waals surface area contributed by atoms with E-state index >= 15 is 0 Å². The van der Waals surface area contributed by atoms with Crippen LogP contribution in [-0.4, -0.2) is 15.9 Å². The zero-order chi connectivity index (χ0) is 15.8. The molecule has 0 unspecified atom stereocenters. The Morgan fingerprint density at radius 1 is 1.29 bits per heavy atom. The van der Waals surface area contributed by atoms with Gasteiger partial charge in [-0.3, -0.25) is 9.78 Å². The fourth-order valence-electron chi connectivity index (χ4n) is 1.99. The van der Waals surface area contributed by atoms with Crippen LogP contribution in [0.2, 0.25) is 0 Å². The number of nitrogens with zero attached hydrogens (tertiary/aromatic N) is 2. The second-order valence-corrected chi connectivity index (χ2v) is 5.38. The average molecular weight is 315 g/mol. The van der Waals surface area contributed by atoms with Crippen molar-refractivity contribution in [2.24, 2.45) is 0 Å². The van der Waals surface area contributed by atoms with Crippen LogP contribution in [-0.2, 0) is 6.18 Å². The van der Waals surface area contributed by atoms with Gasteiger partial charge in [-0.2, -0.15) is 13.2 Å². The number of aromatic nitrogens is 2. The van der Waals surface area contributed by atoms with E-state index in [1.54, 1.807) is 26.8 Å². The summed E-state index contributed by atoms with van der Waals surface area (Å²) < 4.78 is 38.3. The molecule has 0 atom stereocenters. The number of pyridine rings is 1. The van der Waals surface area contributed by atoms with E-state index in [1.807, 2.05) is 0 Å². The summed E-state index contributed by atoms with van der Waals surface area (Å²) in [6, 6.07) is 1.74. The second-order valence-electron chi connectivity index (χ2n) is 4.52. The minimum absolute atomic E-state index is 0.394. The number of amides is 1. The lowest BCUT2D eigenvalue weighted by Gasteiger charge is -2.12.